The summed E-state index contributed by atoms with van der Waals surface area (Å²) in [4.78, 5) is 16.4. The predicted octanol–water partition coefficient (Wildman–Crippen LogP) is 6.15. The molecule has 0 heterocycles. The highest BCUT2D eigenvalue weighted by Crippen LogP contribution is 2.18. The molecule has 3 atom stereocenters. The van der Waals surface area contributed by atoms with E-state index >= 15 is 0 Å². The second-order valence-electron chi connectivity index (χ2n) is 10.2. The summed E-state index contributed by atoms with van der Waals surface area (Å²) < 4.78 is 5.36. The first-order valence-corrected chi connectivity index (χ1v) is 13.9. The number of ether oxygens (including phenoxy) is 1. The van der Waals surface area contributed by atoms with Crippen LogP contribution in [-0.4, -0.2) is 52.6 Å². The quantitative estimate of drug-likeness (QED) is 0.140. The smallest absolute Gasteiger partial charge is 0.306 e. The minimum Gasteiger partial charge on any atom is -0.461 e. The number of nitrogens with two attached hydrogens (primary N) is 1. The normalized spacial score (nSPS) is 13.5. The van der Waals surface area contributed by atoms with E-state index in [1.165, 1.54) is 0 Å². The second-order valence-corrected chi connectivity index (χ2v) is 10.2. The predicted molar refractivity (Wildman–Crippen MR) is 156 cm³/mol. The fraction of sp³-hybridized carbons (Fsp3) is 0.516. The molecule has 208 valence electrons. The van der Waals surface area contributed by atoms with Crippen molar-refractivity contribution in [2.75, 3.05) is 13.1 Å². The molecular weight excluding hydrogens is 474 g/mol. The van der Waals surface area contributed by atoms with Crippen molar-refractivity contribution in [3.05, 3.63) is 71.8 Å². The lowest BCUT2D eigenvalue weighted by Crippen LogP contribution is -2.49. The summed E-state index contributed by atoms with van der Waals surface area (Å²) in [7, 11) is 0. The Bertz CT molecular complexity index is 982. The Kier molecular flexibility index (Phi) is 13.7. The van der Waals surface area contributed by atoms with Crippen molar-refractivity contribution < 1.29 is 9.53 Å². The van der Waals surface area contributed by atoms with Crippen molar-refractivity contribution in [3.63, 3.8) is 0 Å². The van der Waals surface area contributed by atoms with Crippen LogP contribution in [0.2, 0.25) is 0 Å². The number of hydrogen-bond donors (Lipinski definition) is 3. The molecule has 0 saturated heterocycles. The van der Waals surface area contributed by atoms with E-state index in [4.69, 9.17) is 21.3 Å². The molecule has 0 spiro atoms. The molecule has 38 heavy (non-hydrogen) atoms. The lowest BCUT2D eigenvalue weighted by atomic mass is 10.0. The molecule has 0 fully saturated rings. The summed E-state index contributed by atoms with van der Waals surface area (Å²) in [5.74, 6) is 0.449. The van der Waals surface area contributed by atoms with E-state index < -0.39 is 0 Å². The van der Waals surface area contributed by atoms with Crippen LogP contribution in [-0.2, 0) is 16.1 Å². The third kappa shape index (κ3) is 10.8. The van der Waals surface area contributed by atoms with Crippen LogP contribution >= 0.6 is 0 Å². The van der Waals surface area contributed by atoms with Crippen LogP contribution < -0.4 is 5.73 Å². The third-order valence-corrected chi connectivity index (χ3v) is 6.91. The van der Waals surface area contributed by atoms with Crippen LogP contribution in [0.4, 0.5) is 0 Å². The topological polar surface area (TPSA) is 107 Å². The van der Waals surface area contributed by atoms with Crippen molar-refractivity contribution in [1.29, 1.82) is 10.8 Å². The molecule has 0 aliphatic rings. The second kappa shape index (κ2) is 16.7. The number of carbonyl (C=O) groups excluding carboxylic acids is 1. The first-order valence-electron chi connectivity index (χ1n) is 13.9. The van der Waals surface area contributed by atoms with Gasteiger partial charge in [-0.25, -0.2) is 0 Å². The van der Waals surface area contributed by atoms with E-state index in [1.807, 2.05) is 48.5 Å². The average Bonchev–Trinajstić information content (AvgIpc) is 2.90. The molecule has 2 aromatic carbocycles. The molecule has 0 aliphatic carbocycles. The fourth-order valence-electron chi connectivity index (χ4n) is 4.81. The van der Waals surface area contributed by atoms with E-state index in [0.29, 0.717) is 30.6 Å². The number of benzene rings is 2. The maximum atomic E-state index is 12.2. The van der Waals surface area contributed by atoms with Gasteiger partial charge in [0.25, 0.3) is 0 Å². The van der Waals surface area contributed by atoms with E-state index in [1.54, 1.807) is 11.8 Å². The average molecular weight is 522 g/mol. The minimum absolute atomic E-state index is 0.0247. The molecule has 2 aromatic rings. The Morgan fingerprint density at radius 3 is 2.18 bits per heavy atom. The zero-order chi connectivity index (χ0) is 27.9. The van der Waals surface area contributed by atoms with Crippen LogP contribution in [0.3, 0.4) is 0 Å². The number of amidine groups is 2. The van der Waals surface area contributed by atoms with Crippen molar-refractivity contribution >= 4 is 17.6 Å². The van der Waals surface area contributed by atoms with Crippen molar-refractivity contribution in [1.82, 2.24) is 9.80 Å². The van der Waals surface area contributed by atoms with Crippen molar-refractivity contribution in [2.24, 2.45) is 5.73 Å². The molecule has 0 radical (unpaired) electrons. The molecule has 2 rings (SSSR count). The van der Waals surface area contributed by atoms with Gasteiger partial charge >= 0.3 is 5.97 Å². The Labute approximate surface area is 229 Å². The number of rotatable bonds is 16. The standard InChI is InChI=1S/C31H47N5O2/c1-5-13-24(2)35(21-20-29(33)28-16-10-7-11-17-28)22-25(3)36(26(4)32)30(34)18-12-19-31(37)38-23-27-14-8-6-9-15-27/h6-11,14-17,24-25,29,32,34H,5,12-13,18-23,33H2,1-4H3. The van der Waals surface area contributed by atoms with Gasteiger partial charge in [0.15, 0.2) is 0 Å². The van der Waals surface area contributed by atoms with Gasteiger partial charge in [0.2, 0.25) is 0 Å². The molecule has 7 nitrogen and oxygen atoms in total. The molecule has 0 amide bonds. The van der Waals surface area contributed by atoms with Gasteiger partial charge in [0.05, 0.1) is 5.84 Å². The Morgan fingerprint density at radius 1 is 0.947 bits per heavy atom. The van der Waals surface area contributed by atoms with Gasteiger partial charge in [0, 0.05) is 44.1 Å². The van der Waals surface area contributed by atoms with Crippen LogP contribution in [0.1, 0.15) is 83.4 Å². The lowest BCUT2D eigenvalue weighted by molar-refractivity contribution is -0.145. The lowest BCUT2D eigenvalue weighted by Gasteiger charge is -2.37. The number of nitrogens with one attached hydrogen (secondary N) is 2. The van der Waals surface area contributed by atoms with Crippen molar-refractivity contribution in [2.45, 2.75) is 91.0 Å². The summed E-state index contributed by atoms with van der Waals surface area (Å²) >= 11 is 0. The van der Waals surface area contributed by atoms with Crippen LogP contribution in [0.15, 0.2) is 60.7 Å². The molecule has 4 N–H and O–H groups in total. The fourth-order valence-corrected chi connectivity index (χ4v) is 4.81. The van der Waals surface area contributed by atoms with Gasteiger partial charge in [-0.2, -0.15) is 0 Å². The maximum absolute atomic E-state index is 12.2. The van der Waals surface area contributed by atoms with Gasteiger partial charge < -0.3 is 15.4 Å². The van der Waals surface area contributed by atoms with E-state index in [0.717, 1.165) is 43.5 Å². The van der Waals surface area contributed by atoms with Gasteiger partial charge in [-0.3, -0.25) is 20.5 Å². The number of esters is 1. The summed E-state index contributed by atoms with van der Waals surface area (Å²) in [6, 6.07) is 20.1. The first-order chi connectivity index (χ1) is 18.2. The van der Waals surface area contributed by atoms with E-state index in [-0.39, 0.29) is 31.1 Å². The van der Waals surface area contributed by atoms with Gasteiger partial charge in [0.1, 0.15) is 12.4 Å². The summed E-state index contributed by atoms with van der Waals surface area (Å²) in [5.41, 5.74) is 8.60. The minimum atomic E-state index is -0.262. The zero-order valence-electron chi connectivity index (χ0n) is 23.7. The summed E-state index contributed by atoms with van der Waals surface area (Å²) in [6.07, 6.45) is 4.22. The van der Waals surface area contributed by atoms with Gasteiger partial charge in [-0.15, -0.1) is 0 Å². The van der Waals surface area contributed by atoms with Crippen molar-refractivity contribution in [3.8, 4) is 0 Å². The molecular formula is C31H47N5O2. The summed E-state index contributed by atoms with van der Waals surface area (Å²) in [6.45, 7) is 10.1. The van der Waals surface area contributed by atoms with Crippen LogP contribution in [0, 0.1) is 10.8 Å². The molecule has 0 aromatic heterocycles. The highest BCUT2D eigenvalue weighted by molar-refractivity contribution is 5.97. The highest BCUT2D eigenvalue weighted by atomic mass is 16.5. The highest BCUT2D eigenvalue weighted by Gasteiger charge is 2.24. The number of hydrogen-bond acceptors (Lipinski definition) is 6. The van der Waals surface area contributed by atoms with E-state index in [2.05, 4.69) is 37.8 Å². The monoisotopic (exact) mass is 521 g/mol. The van der Waals surface area contributed by atoms with Gasteiger partial charge in [-0.1, -0.05) is 74.0 Å². The third-order valence-electron chi connectivity index (χ3n) is 6.91. The molecule has 3 unspecified atom stereocenters. The Hall–Kier alpha value is -3.03. The first kappa shape index (κ1) is 31.2. The SMILES string of the molecule is CCCC(C)N(CCC(N)c1ccccc1)CC(C)N(C(C)=N)C(=N)CCCC(=O)OCc1ccccc1. The molecule has 0 bridgehead atoms. The Morgan fingerprint density at radius 2 is 1.58 bits per heavy atom. The van der Waals surface area contributed by atoms with Crippen LogP contribution in [0.25, 0.3) is 0 Å². The maximum Gasteiger partial charge on any atom is 0.306 e. The van der Waals surface area contributed by atoms with E-state index in [9.17, 15) is 4.79 Å². The molecule has 7 heteroatoms. The number of nitrogens with zero attached hydrogens (tertiary/aromatic N) is 2. The number of carbonyl (C=O) groups is 1. The largest absolute Gasteiger partial charge is 0.461 e. The van der Waals surface area contributed by atoms with Crippen LogP contribution in [0.5, 0.6) is 0 Å². The summed E-state index contributed by atoms with van der Waals surface area (Å²) in [5, 5.41) is 17.1. The Balaban J connectivity index is 1.90. The molecule has 0 saturated carbocycles. The van der Waals surface area contributed by atoms with Gasteiger partial charge in [-0.05, 0) is 51.2 Å². The molecule has 0 aliphatic heterocycles. The zero-order valence-corrected chi connectivity index (χ0v) is 23.7.